The summed E-state index contributed by atoms with van der Waals surface area (Å²) < 4.78 is 7.61. The van der Waals surface area contributed by atoms with Gasteiger partial charge in [0.25, 0.3) is 0 Å². The van der Waals surface area contributed by atoms with E-state index in [-0.39, 0.29) is 5.84 Å². The zero-order chi connectivity index (χ0) is 13.8. The average Bonchev–Trinajstić information content (AvgIpc) is 2.77. The first-order valence-corrected chi connectivity index (χ1v) is 6.20. The maximum absolute atomic E-state index is 7.33. The van der Waals surface area contributed by atoms with Crippen molar-refractivity contribution in [2.75, 3.05) is 6.61 Å². The minimum atomic E-state index is -0.0116. The lowest BCUT2D eigenvalue weighted by Crippen LogP contribution is -2.11. The highest BCUT2D eigenvalue weighted by Crippen LogP contribution is 2.25. The van der Waals surface area contributed by atoms with Crippen molar-refractivity contribution < 1.29 is 4.74 Å². The summed E-state index contributed by atoms with van der Waals surface area (Å²) >= 11 is 6.07. The Bertz CT molecular complexity index is 594. The smallest absolute Gasteiger partial charge is 0.138 e. The van der Waals surface area contributed by atoms with Crippen LogP contribution in [0, 0.1) is 12.3 Å². The van der Waals surface area contributed by atoms with Crippen LogP contribution >= 0.6 is 11.6 Å². The van der Waals surface area contributed by atoms with Crippen LogP contribution in [0.1, 0.15) is 11.4 Å². The van der Waals surface area contributed by atoms with E-state index in [1.165, 1.54) is 0 Å². The Morgan fingerprint density at radius 1 is 1.53 bits per heavy atom. The van der Waals surface area contributed by atoms with Crippen LogP contribution in [0.15, 0.2) is 30.6 Å². The maximum atomic E-state index is 7.33. The molecule has 2 aromatic rings. The topological polar surface area (TPSA) is 76.9 Å². The predicted octanol–water partition coefficient (Wildman–Crippen LogP) is 2.21. The number of nitrogens with two attached hydrogens (primary N) is 1. The lowest BCUT2D eigenvalue weighted by Gasteiger charge is -2.10. The zero-order valence-corrected chi connectivity index (χ0v) is 11.3. The number of ether oxygens (including phenoxy) is 1. The number of aromatic nitrogens is 2. The minimum absolute atomic E-state index is 0.0116. The lowest BCUT2D eigenvalue weighted by atomic mass is 10.2. The molecule has 3 N–H and O–H groups in total. The Balaban J connectivity index is 1.96. The van der Waals surface area contributed by atoms with Gasteiger partial charge in [-0.2, -0.15) is 0 Å². The van der Waals surface area contributed by atoms with Crippen molar-refractivity contribution in [1.29, 1.82) is 5.41 Å². The Hall–Kier alpha value is -2.01. The van der Waals surface area contributed by atoms with Crippen molar-refractivity contribution in [2.45, 2.75) is 13.5 Å². The van der Waals surface area contributed by atoms with E-state index in [2.05, 4.69) is 4.98 Å². The molecule has 0 saturated heterocycles. The second kappa shape index (κ2) is 5.75. The average molecular weight is 279 g/mol. The third-order valence-electron chi connectivity index (χ3n) is 2.76. The van der Waals surface area contributed by atoms with Crippen LogP contribution < -0.4 is 10.5 Å². The molecule has 1 aromatic heterocycles. The van der Waals surface area contributed by atoms with Crippen LogP contribution in [0.3, 0.4) is 0 Å². The molecule has 1 heterocycles. The number of rotatable bonds is 5. The normalized spacial score (nSPS) is 10.4. The molecule has 5 nitrogen and oxygen atoms in total. The molecule has 6 heteroatoms. The molecular weight excluding hydrogens is 264 g/mol. The molecule has 1 aromatic carbocycles. The first-order chi connectivity index (χ1) is 9.08. The minimum Gasteiger partial charge on any atom is -0.490 e. The second-order valence-corrected chi connectivity index (χ2v) is 4.48. The Labute approximate surface area is 116 Å². The number of amidine groups is 1. The summed E-state index contributed by atoms with van der Waals surface area (Å²) in [4.78, 5) is 4.13. The summed E-state index contributed by atoms with van der Waals surface area (Å²) in [6.07, 6.45) is 3.66. The van der Waals surface area contributed by atoms with Crippen molar-refractivity contribution in [3.8, 4) is 5.75 Å². The number of nitrogens with zero attached hydrogens (tertiary/aromatic N) is 2. The monoisotopic (exact) mass is 278 g/mol. The molecule has 0 aliphatic carbocycles. The number of benzene rings is 1. The largest absolute Gasteiger partial charge is 0.490 e. The lowest BCUT2D eigenvalue weighted by molar-refractivity contribution is 0.297. The number of hydrogen-bond acceptors (Lipinski definition) is 3. The van der Waals surface area contributed by atoms with Gasteiger partial charge >= 0.3 is 0 Å². The fraction of sp³-hybridized carbons (Fsp3) is 0.231. The van der Waals surface area contributed by atoms with Gasteiger partial charge < -0.3 is 15.0 Å². The Kier molecular flexibility index (Phi) is 4.06. The summed E-state index contributed by atoms with van der Waals surface area (Å²) in [5.74, 6) is 1.52. The summed E-state index contributed by atoms with van der Waals surface area (Å²) in [6, 6.07) is 5.06. The molecule has 0 amide bonds. The van der Waals surface area contributed by atoms with Gasteiger partial charge in [0, 0.05) is 18.0 Å². The highest BCUT2D eigenvalue weighted by atomic mass is 35.5. The van der Waals surface area contributed by atoms with Gasteiger partial charge in [0.2, 0.25) is 0 Å². The maximum Gasteiger partial charge on any atom is 0.138 e. The highest BCUT2D eigenvalue weighted by molar-refractivity contribution is 6.32. The number of imidazole rings is 1. The summed E-state index contributed by atoms with van der Waals surface area (Å²) in [5, 5.41) is 7.78. The van der Waals surface area contributed by atoms with E-state index in [1.54, 1.807) is 24.4 Å². The molecule has 0 aliphatic rings. The molecule has 2 rings (SSSR count). The number of nitrogens with one attached hydrogen (secondary N) is 1. The number of aryl methyl sites for hydroxylation is 1. The van der Waals surface area contributed by atoms with Crippen molar-refractivity contribution in [2.24, 2.45) is 5.73 Å². The molecule has 0 spiro atoms. The standard InChI is InChI=1S/C13H15ClN4O/c1-9-17-4-5-18(9)6-7-19-12-3-2-10(13(15)16)8-11(12)14/h2-5,8H,6-7H2,1H3,(H3,15,16). The predicted molar refractivity (Wildman–Crippen MR) is 74.9 cm³/mol. The van der Waals surface area contributed by atoms with Crippen LogP contribution in [-0.2, 0) is 6.54 Å². The summed E-state index contributed by atoms with van der Waals surface area (Å²) in [6.45, 7) is 3.14. The van der Waals surface area contributed by atoms with E-state index in [9.17, 15) is 0 Å². The van der Waals surface area contributed by atoms with Crippen LogP contribution in [0.5, 0.6) is 5.75 Å². The first-order valence-electron chi connectivity index (χ1n) is 5.82. The van der Waals surface area contributed by atoms with E-state index in [4.69, 9.17) is 27.5 Å². The molecule has 0 atom stereocenters. The van der Waals surface area contributed by atoms with Crippen LogP contribution in [0.25, 0.3) is 0 Å². The van der Waals surface area contributed by atoms with E-state index >= 15 is 0 Å². The summed E-state index contributed by atoms with van der Waals surface area (Å²) in [7, 11) is 0. The molecule has 0 fully saturated rings. The van der Waals surface area contributed by atoms with Gasteiger partial charge in [0.05, 0.1) is 11.6 Å². The fourth-order valence-electron chi connectivity index (χ4n) is 1.68. The van der Waals surface area contributed by atoms with Crippen LogP contribution in [-0.4, -0.2) is 22.0 Å². The molecule has 0 saturated carbocycles. The fourth-order valence-corrected chi connectivity index (χ4v) is 1.91. The van der Waals surface area contributed by atoms with Crippen molar-refractivity contribution >= 4 is 17.4 Å². The molecule has 0 bridgehead atoms. The number of halogens is 1. The zero-order valence-electron chi connectivity index (χ0n) is 10.6. The SMILES string of the molecule is Cc1nccn1CCOc1ccc(C(=N)N)cc1Cl. The Morgan fingerprint density at radius 2 is 2.32 bits per heavy atom. The van der Waals surface area contributed by atoms with Crippen LogP contribution in [0.4, 0.5) is 0 Å². The highest BCUT2D eigenvalue weighted by Gasteiger charge is 2.05. The second-order valence-electron chi connectivity index (χ2n) is 4.08. The number of nitrogen functional groups attached to an aromatic ring is 1. The van der Waals surface area contributed by atoms with Gasteiger partial charge in [-0.1, -0.05) is 11.6 Å². The third-order valence-corrected chi connectivity index (χ3v) is 3.05. The van der Waals surface area contributed by atoms with Crippen molar-refractivity contribution in [3.63, 3.8) is 0 Å². The van der Waals surface area contributed by atoms with E-state index < -0.39 is 0 Å². The molecule has 0 unspecified atom stereocenters. The molecule has 0 radical (unpaired) electrons. The van der Waals surface area contributed by atoms with Gasteiger partial charge in [-0.15, -0.1) is 0 Å². The quantitative estimate of drug-likeness (QED) is 0.650. The molecule has 0 aliphatic heterocycles. The molecule has 100 valence electrons. The van der Waals surface area contributed by atoms with Gasteiger partial charge in [0.15, 0.2) is 0 Å². The van der Waals surface area contributed by atoms with Gasteiger partial charge in [0.1, 0.15) is 24.0 Å². The van der Waals surface area contributed by atoms with Crippen molar-refractivity contribution in [3.05, 3.63) is 47.0 Å². The number of hydrogen-bond donors (Lipinski definition) is 2. The van der Waals surface area contributed by atoms with Crippen molar-refractivity contribution in [1.82, 2.24) is 9.55 Å². The van der Waals surface area contributed by atoms with E-state index in [1.807, 2.05) is 17.7 Å². The third kappa shape index (κ3) is 3.26. The van der Waals surface area contributed by atoms with Gasteiger partial charge in [-0.05, 0) is 25.1 Å². The van der Waals surface area contributed by atoms with E-state index in [0.29, 0.717) is 29.5 Å². The van der Waals surface area contributed by atoms with Crippen LogP contribution in [0.2, 0.25) is 5.02 Å². The molecule has 19 heavy (non-hydrogen) atoms. The van der Waals surface area contributed by atoms with E-state index in [0.717, 1.165) is 5.82 Å². The van der Waals surface area contributed by atoms with Gasteiger partial charge in [-0.3, -0.25) is 5.41 Å². The van der Waals surface area contributed by atoms with Gasteiger partial charge in [-0.25, -0.2) is 4.98 Å². The first kappa shape index (κ1) is 13.4. The molecular formula is C13H15ClN4O. The summed E-state index contributed by atoms with van der Waals surface area (Å²) in [5.41, 5.74) is 5.97. The Morgan fingerprint density at radius 3 is 2.89 bits per heavy atom.